The number of aromatic hydroxyl groups is 2. The molecule has 2 nitrogen and oxygen atoms in total. The Bertz CT molecular complexity index is 550. The number of phenols is 2. The molecule has 2 rings (SSSR count). The maximum absolute atomic E-state index is 10.6. The zero-order valence-electron chi connectivity index (χ0n) is 13.3. The maximum atomic E-state index is 10.6. The molecular formula is C18H24Br2O2. The Morgan fingerprint density at radius 1 is 1.14 bits per heavy atom. The zero-order valence-corrected chi connectivity index (χ0v) is 16.4. The van der Waals surface area contributed by atoms with Crippen molar-refractivity contribution in [2.24, 2.45) is 0 Å². The van der Waals surface area contributed by atoms with Crippen LogP contribution in [0.2, 0.25) is 0 Å². The van der Waals surface area contributed by atoms with Gasteiger partial charge in [-0.2, -0.15) is 0 Å². The Hall–Kier alpha value is -0.480. The van der Waals surface area contributed by atoms with Crippen molar-refractivity contribution in [1.29, 1.82) is 0 Å². The van der Waals surface area contributed by atoms with E-state index in [1.165, 1.54) is 5.57 Å². The third-order valence-corrected chi connectivity index (χ3v) is 6.14. The summed E-state index contributed by atoms with van der Waals surface area (Å²) in [4.78, 5) is 0. The van der Waals surface area contributed by atoms with Crippen LogP contribution < -0.4 is 0 Å². The van der Waals surface area contributed by atoms with Gasteiger partial charge in [-0.3, -0.25) is 0 Å². The second-order valence-corrected chi connectivity index (χ2v) is 7.77. The zero-order chi connectivity index (χ0) is 16.3. The van der Waals surface area contributed by atoms with E-state index in [2.05, 4.69) is 51.8 Å². The van der Waals surface area contributed by atoms with E-state index in [0.29, 0.717) is 5.56 Å². The van der Waals surface area contributed by atoms with Gasteiger partial charge in [-0.05, 0) is 76.5 Å². The number of allylic oxidation sites excluding steroid dienone is 2. The van der Waals surface area contributed by atoms with Crippen molar-refractivity contribution < 1.29 is 10.2 Å². The molecule has 0 saturated heterocycles. The molecule has 0 aromatic heterocycles. The van der Waals surface area contributed by atoms with Gasteiger partial charge in [0.25, 0.3) is 0 Å². The summed E-state index contributed by atoms with van der Waals surface area (Å²) >= 11 is 7.08. The smallest absolute Gasteiger partial charge is 0.137 e. The number of phenolic OH excluding ortho intramolecular Hbond substituents is 2. The molecule has 0 fully saturated rings. The van der Waals surface area contributed by atoms with E-state index in [1.807, 2.05) is 0 Å². The standard InChI is InChI=1S/C18H24Br2O2/c1-3-4-5-9-13-15(19)17(21)14(18(22)16(13)20)12-8-6-7-11(2)10-12/h10,12,21-22H,3-9H2,1-2H3/t12-/m0/s1. The summed E-state index contributed by atoms with van der Waals surface area (Å²) in [5.74, 6) is 0.484. The number of hydrogen-bond donors (Lipinski definition) is 2. The molecule has 0 radical (unpaired) electrons. The van der Waals surface area contributed by atoms with Crippen LogP contribution in [-0.2, 0) is 6.42 Å². The average molecular weight is 432 g/mol. The Balaban J connectivity index is 2.43. The Morgan fingerprint density at radius 2 is 1.77 bits per heavy atom. The Labute approximate surface area is 149 Å². The monoisotopic (exact) mass is 430 g/mol. The van der Waals surface area contributed by atoms with Crippen molar-refractivity contribution in [3.8, 4) is 11.5 Å². The fourth-order valence-electron chi connectivity index (χ4n) is 3.19. The van der Waals surface area contributed by atoms with Gasteiger partial charge in [-0.25, -0.2) is 0 Å². The fraction of sp³-hybridized carbons (Fsp3) is 0.556. The Morgan fingerprint density at radius 3 is 2.32 bits per heavy atom. The van der Waals surface area contributed by atoms with Crippen LogP contribution in [0.25, 0.3) is 0 Å². The summed E-state index contributed by atoms with van der Waals surface area (Å²) < 4.78 is 1.44. The molecule has 1 aliphatic carbocycles. The Kier molecular flexibility index (Phi) is 6.39. The average Bonchev–Trinajstić information content (AvgIpc) is 2.49. The van der Waals surface area contributed by atoms with Gasteiger partial charge in [-0.1, -0.05) is 31.4 Å². The molecule has 0 amide bonds. The van der Waals surface area contributed by atoms with Crippen LogP contribution in [0.4, 0.5) is 0 Å². The number of rotatable bonds is 5. The van der Waals surface area contributed by atoms with Crippen molar-refractivity contribution in [2.75, 3.05) is 0 Å². The van der Waals surface area contributed by atoms with Crippen LogP contribution >= 0.6 is 31.9 Å². The minimum absolute atomic E-state index is 0.0889. The van der Waals surface area contributed by atoms with Crippen molar-refractivity contribution >= 4 is 31.9 Å². The van der Waals surface area contributed by atoms with Crippen LogP contribution in [0, 0.1) is 0 Å². The van der Waals surface area contributed by atoms with Gasteiger partial charge in [0.1, 0.15) is 11.5 Å². The first-order valence-electron chi connectivity index (χ1n) is 8.06. The third-order valence-electron chi connectivity index (χ3n) is 4.43. The van der Waals surface area contributed by atoms with Crippen LogP contribution in [0.1, 0.15) is 69.4 Å². The SMILES string of the molecule is CCCCCc1c(Br)c(O)c([C@@H]2C=C(C)CCC2)c(O)c1Br. The summed E-state index contributed by atoms with van der Waals surface area (Å²) in [6.07, 6.45) is 9.53. The lowest BCUT2D eigenvalue weighted by molar-refractivity contribution is 0.422. The topological polar surface area (TPSA) is 40.5 Å². The summed E-state index contributed by atoms with van der Waals surface area (Å²) in [5.41, 5.74) is 2.94. The first-order chi connectivity index (χ1) is 10.5. The van der Waals surface area contributed by atoms with Gasteiger partial charge in [0.15, 0.2) is 0 Å². The van der Waals surface area contributed by atoms with Gasteiger partial charge < -0.3 is 10.2 Å². The largest absolute Gasteiger partial charge is 0.506 e. The molecule has 1 aromatic rings. The summed E-state index contributed by atoms with van der Waals surface area (Å²) in [6.45, 7) is 4.28. The molecule has 4 heteroatoms. The van der Waals surface area contributed by atoms with E-state index in [-0.39, 0.29) is 17.4 Å². The first-order valence-corrected chi connectivity index (χ1v) is 9.64. The molecule has 122 valence electrons. The second-order valence-electron chi connectivity index (χ2n) is 6.19. The molecule has 0 heterocycles. The van der Waals surface area contributed by atoms with Gasteiger partial charge in [-0.15, -0.1) is 0 Å². The predicted octanol–water partition coefficient (Wildman–Crippen LogP) is 6.57. The maximum Gasteiger partial charge on any atom is 0.137 e. The number of halogens is 2. The fourth-order valence-corrected chi connectivity index (χ4v) is 4.68. The molecule has 0 unspecified atom stereocenters. The van der Waals surface area contributed by atoms with Crippen LogP contribution in [0.15, 0.2) is 20.6 Å². The highest BCUT2D eigenvalue weighted by molar-refractivity contribution is 9.11. The lowest BCUT2D eigenvalue weighted by atomic mass is 9.84. The highest BCUT2D eigenvalue weighted by Gasteiger charge is 2.26. The number of hydrogen-bond acceptors (Lipinski definition) is 2. The molecule has 0 saturated carbocycles. The highest BCUT2D eigenvalue weighted by atomic mass is 79.9. The van der Waals surface area contributed by atoms with Gasteiger partial charge >= 0.3 is 0 Å². The lowest BCUT2D eigenvalue weighted by Crippen LogP contribution is -2.05. The van der Waals surface area contributed by atoms with Crippen molar-refractivity contribution in [2.45, 2.75) is 64.7 Å². The van der Waals surface area contributed by atoms with Crippen LogP contribution in [0.5, 0.6) is 11.5 Å². The van der Waals surface area contributed by atoms with E-state index in [4.69, 9.17) is 0 Å². The highest BCUT2D eigenvalue weighted by Crippen LogP contribution is 2.49. The normalized spacial score (nSPS) is 18.4. The van der Waals surface area contributed by atoms with Crippen LogP contribution in [-0.4, -0.2) is 10.2 Å². The molecule has 0 aliphatic heterocycles. The molecule has 1 atom stereocenters. The van der Waals surface area contributed by atoms with E-state index < -0.39 is 0 Å². The molecule has 0 spiro atoms. The molecule has 2 N–H and O–H groups in total. The predicted molar refractivity (Wildman–Crippen MR) is 98.7 cm³/mol. The van der Waals surface area contributed by atoms with Gasteiger partial charge in [0.05, 0.1) is 8.95 Å². The van der Waals surface area contributed by atoms with Crippen molar-refractivity contribution in [3.63, 3.8) is 0 Å². The van der Waals surface area contributed by atoms with Gasteiger partial charge in [0.2, 0.25) is 0 Å². The van der Waals surface area contributed by atoms with Crippen molar-refractivity contribution in [3.05, 3.63) is 31.7 Å². The van der Waals surface area contributed by atoms with E-state index in [1.54, 1.807) is 0 Å². The summed E-state index contributed by atoms with van der Waals surface area (Å²) in [6, 6.07) is 0. The molecule has 0 bridgehead atoms. The molecule has 1 aromatic carbocycles. The minimum Gasteiger partial charge on any atom is -0.506 e. The van der Waals surface area contributed by atoms with Crippen LogP contribution in [0.3, 0.4) is 0 Å². The minimum atomic E-state index is 0.0889. The second kappa shape index (κ2) is 7.87. The third kappa shape index (κ3) is 3.70. The molecule has 22 heavy (non-hydrogen) atoms. The first kappa shape index (κ1) is 17.9. The van der Waals surface area contributed by atoms with E-state index in [0.717, 1.165) is 59.5 Å². The van der Waals surface area contributed by atoms with E-state index >= 15 is 0 Å². The number of unbranched alkanes of at least 4 members (excludes halogenated alkanes) is 2. The lowest BCUT2D eigenvalue weighted by Gasteiger charge is -2.24. The molecular weight excluding hydrogens is 408 g/mol. The summed E-state index contributed by atoms with van der Waals surface area (Å²) in [7, 11) is 0. The quantitative estimate of drug-likeness (QED) is 0.408. The number of benzene rings is 1. The van der Waals surface area contributed by atoms with Crippen molar-refractivity contribution in [1.82, 2.24) is 0 Å². The molecule has 1 aliphatic rings. The van der Waals surface area contributed by atoms with Gasteiger partial charge in [0, 0.05) is 11.5 Å². The van der Waals surface area contributed by atoms with E-state index in [9.17, 15) is 10.2 Å². The summed E-state index contributed by atoms with van der Waals surface area (Å²) in [5, 5.41) is 21.2.